The lowest BCUT2D eigenvalue weighted by Gasteiger charge is -2.27. The van der Waals surface area contributed by atoms with Crippen molar-refractivity contribution in [3.8, 4) is 5.69 Å². The quantitative estimate of drug-likeness (QED) is 0.0753. The highest BCUT2D eigenvalue weighted by Crippen LogP contribution is 2.30. The van der Waals surface area contributed by atoms with E-state index in [9.17, 15) is 24.3 Å². The number of para-hydroxylation sites is 1. The Hall–Kier alpha value is -5.84. The van der Waals surface area contributed by atoms with Crippen LogP contribution in [-0.2, 0) is 4.74 Å². The minimum atomic E-state index is -1.32. The third-order valence-corrected chi connectivity index (χ3v) is 8.89. The second-order valence-electron chi connectivity index (χ2n) is 13.8. The van der Waals surface area contributed by atoms with Gasteiger partial charge in [0.25, 0.3) is 11.8 Å². The van der Waals surface area contributed by atoms with Crippen LogP contribution in [0.1, 0.15) is 78.3 Å². The minimum Gasteiger partial charge on any atom is -0.530 e. The molecule has 1 N–H and O–H groups in total. The maximum Gasteiger partial charge on any atom is 0.412 e. The first-order valence-corrected chi connectivity index (χ1v) is 17.1. The van der Waals surface area contributed by atoms with E-state index in [4.69, 9.17) is 9.72 Å². The number of aryl methyl sites for hydroxylation is 2. The molecule has 1 aliphatic heterocycles. The molecule has 0 saturated carbocycles. The van der Waals surface area contributed by atoms with E-state index in [1.54, 1.807) is 45.0 Å². The number of amides is 4. The predicted octanol–water partition coefficient (Wildman–Crippen LogP) is 6.63. The molecule has 51 heavy (non-hydrogen) atoms. The van der Waals surface area contributed by atoms with E-state index in [1.165, 1.54) is 9.80 Å². The normalized spacial score (nSPS) is 12.8. The number of anilines is 2. The topological polar surface area (TPSA) is 136 Å². The third kappa shape index (κ3) is 7.38. The van der Waals surface area contributed by atoms with Crippen molar-refractivity contribution in [2.45, 2.75) is 65.9 Å². The van der Waals surface area contributed by atoms with Crippen LogP contribution in [0, 0.1) is 13.8 Å². The minimum absolute atomic E-state index is 0.206. The second-order valence-corrected chi connectivity index (χ2v) is 13.8. The Bertz CT molecular complexity index is 2140. The van der Waals surface area contributed by atoms with Crippen molar-refractivity contribution in [2.75, 3.05) is 23.3 Å². The first-order valence-electron chi connectivity index (χ1n) is 17.1. The fraction of sp³-hybridized carbons (Fsp3) is 0.300. The standard InChI is InChI=1S/C40H41N5O6/c1-25-21-31-34(23-30(25)42-38(48)51-40(3,4)5)45(27-15-9-8-10-16-27)35-24-33(26(2)22-32(35)41-31)43(39(49)50)19-13-6-7-14-20-44-36(46)28-17-11-12-18-29(28)37(44)47/h8-12,15-18,21-24H,6-7,13-14,19-20H2,1-5H3,(H,49,50). The molecule has 11 heteroatoms. The molecule has 4 amide bonds. The van der Waals surface area contributed by atoms with Gasteiger partial charge in [-0.1, -0.05) is 43.2 Å². The summed E-state index contributed by atoms with van der Waals surface area (Å²) in [6.07, 6.45) is 0.697. The Kier molecular flexibility index (Phi) is 9.73. The largest absolute Gasteiger partial charge is 0.530 e. The van der Waals surface area contributed by atoms with Gasteiger partial charge >= 0.3 is 6.09 Å². The fourth-order valence-corrected chi connectivity index (χ4v) is 6.49. The average molecular weight is 688 g/mol. The molecule has 0 fully saturated rings. The number of nitrogens with one attached hydrogen (secondary N) is 1. The Morgan fingerprint density at radius 2 is 1.41 bits per heavy atom. The van der Waals surface area contributed by atoms with Gasteiger partial charge in [0, 0.05) is 37.4 Å². The first-order chi connectivity index (χ1) is 24.3. The maximum atomic E-state index is 12.7. The monoisotopic (exact) mass is 687 g/mol. The number of carbonyl (C=O) groups excluding carboxylic acids is 4. The summed E-state index contributed by atoms with van der Waals surface area (Å²) in [6, 6.07) is 24.0. The van der Waals surface area contributed by atoms with Crippen LogP contribution in [-0.4, -0.2) is 52.6 Å². The lowest BCUT2D eigenvalue weighted by Crippen LogP contribution is -2.42. The lowest BCUT2D eigenvalue weighted by molar-refractivity contribution is -0.538. The van der Waals surface area contributed by atoms with Gasteiger partial charge in [-0.3, -0.25) is 19.8 Å². The van der Waals surface area contributed by atoms with Gasteiger partial charge in [-0.15, -0.1) is 4.57 Å². The van der Waals surface area contributed by atoms with Crippen LogP contribution in [0.2, 0.25) is 0 Å². The van der Waals surface area contributed by atoms with Crippen LogP contribution in [0.5, 0.6) is 0 Å². The van der Waals surface area contributed by atoms with Crippen molar-refractivity contribution in [1.29, 1.82) is 0 Å². The summed E-state index contributed by atoms with van der Waals surface area (Å²) in [4.78, 5) is 58.2. The SMILES string of the molecule is Cc1cc2nc3cc(C)c(N(CCCCCCN4C(=O)c5ccccc5C4=O)C(=O)[O-])cc3[n+](-c3ccccc3)c2cc1NC(=O)OC(C)(C)C. The Morgan fingerprint density at radius 3 is 2.04 bits per heavy atom. The van der Waals surface area contributed by atoms with Gasteiger partial charge in [-0.05, 0) is 82.9 Å². The van der Waals surface area contributed by atoms with Crippen LogP contribution in [0.25, 0.3) is 27.8 Å². The van der Waals surface area contributed by atoms with E-state index in [0.29, 0.717) is 76.8 Å². The van der Waals surface area contributed by atoms with Crippen molar-refractivity contribution >= 4 is 57.4 Å². The molecule has 0 radical (unpaired) electrons. The van der Waals surface area contributed by atoms with Crippen molar-refractivity contribution in [3.63, 3.8) is 0 Å². The number of carbonyl (C=O) groups is 4. The predicted molar refractivity (Wildman–Crippen MR) is 193 cm³/mol. The zero-order chi connectivity index (χ0) is 36.4. The number of hydrogen-bond donors (Lipinski definition) is 1. The molecule has 6 rings (SSSR count). The average Bonchev–Trinajstić information content (AvgIpc) is 3.31. The molecule has 4 aromatic carbocycles. The zero-order valence-electron chi connectivity index (χ0n) is 29.5. The van der Waals surface area contributed by atoms with E-state index >= 15 is 0 Å². The lowest BCUT2D eigenvalue weighted by atomic mass is 10.1. The van der Waals surface area contributed by atoms with Crippen molar-refractivity contribution < 1.29 is 33.6 Å². The third-order valence-electron chi connectivity index (χ3n) is 8.89. The first kappa shape index (κ1) is 35.0. The molecule has 0 saturated heterocycles. The van der Waals surface area contributed by atoms with E-state index < -0.39 is 17.8 Å². The molecule has 2 heterocycles. The summed E-state index contributed by atoms with van der Waals surface area (Å²) in [6.45, 7) is 9.67. The summed E-state index contributed by atoms with van der Waals surface area (Å²) in [5.41, 5.74) is 6.36. The van der Waals surface area contributed by atoms with Crippen molar-refractivity contribution in [1.82, 2.24) is 9.88 Å². The molecule has 0 bridgehead atoms. The van der Waals surface area contributed by atoms with Gasteiger partial charge < -0.3 is 19.5 Å². The number of benzene rings is 4. The Morgan fingerprint density at radius 1 is 0.824 bits per heavy atom. The van der Waals surface area contributed by atoms with Gasteiger partial charge in [0.15, 0.2) is 0 Å². The molecule has 0 atom stereocenters. The molecule has 0 spiro atoms. The molecule has 1 aromatic heterocycles. The molecule has 5 aromatic rings. The maximum absolute atomic E-state index is 12.7. The van der Waals surface area contributed by atoms with Gasteiger partial charge in [0.1, 0.15) is 22.7 Å². The fourth-order valence-electron chi connectivity index (χ4n) is 6.49. The number of unbranched alkanes of at least 4 members (excludes halogenated alkanes) is 3. The summed E-state index contributed by atoms with van der Waals surface area (Å²) in [7, 11) is 0. The number of hydrogen-bond acceptors (Lipinski definition) is 7. The Balaban J connectivity index is 1.25. The second kappa shape index (κ2) is 14.2. The van der Waals surface area contributed by atoms with Crippen LogP contribution in [0.15, 0.2) is 78.9 Å². The number of rotatable bonds is 10. The number of carboxylic acid groups (broad SMARTS) is 1. The van der Waals surface area contributed by atoms with Gasteiger partial charge in [-0.25, -0.2) is 9.78 Å². The van der Waals surface area contributed by atoms with E-state index in [1.807, 2.05) is 73.0 Å². The van der Waals surface area contributed by atoms with Crippen molar-refractivity contribution in [2.24, 2.45) is 0 Å². The van der Waals surface area contributed by atoms with E-state index in [2.05, 4.69) is 5.32 Å². The number of fused-ring (bicyclic) bond motifs is 3. The van der Waals surface area contributed by atoms with Crippen molar-refractivity contribution in [3.05, 3.63) is 101 Å². The summed E-state index contributed by atoms with van der Waals surface area (Å²) < 4.78 is 7.51. The molecule has 11 nitrogen and oxygen atoms in total. The summed E-state index contributed by atoms with van der Waals surface area (Å²) in [5, 5.41) is 15.4. The highest BCUT2D eigenvalue weighted by atomic mass is 16.6. The molecular formula is C40H41N5O6. The number of ether oxygens (including phenoxy) is 1. The molecule has 0 aliphatic carbocycles. The summed E-state index contributed by atoms with van der Waals surface area (Å²) in [5.74, 6) is -0.544. The van der Waals surface area contributed by atoms with Crippen LogP contribution in [0.3, 0.4) is 0 Å². The highest BCUT2D eigenvalue weighted by Gasteiger charge is 2.34. The van der Waals surface area contributed by atoms with Crippen LogP contribution in [0.4, 0.5) is 21.0 Å². The number of imide groups is 1. The number of nitrogens with zero attached hydrogens (tertiary/aromatic N) is 4. The summed E-state index contributed by atoms with van der Waals surface area (Å²) >= 11 is 0. The molecule has 262 valence electrons. The smallest absolute Gasteiger partial charge is 0.412 e. The van der Waals surface area contributed by atoms with Gasteiger partial charge in [-0.2, -0.15) is 0 Å². The number of aromatic nitrogens is 2. The van der Waals surface area contributed by atoms with Gasteiger partial charge in [0.2, 0.25) is 16.7 Å². The zero-order valence-corrected chi connectivity index (χ0v) is 29.5. The van der Waals surface area contributed by atoms with Crippen LogP contribution < -0.4 is 19.9 Å². The molecule has 0 unspecified atom stereocenters. The van der Waals surface area contributed by atoms with E-state index in [-0.39, 0.29) is 18.4 Å². The van der Waals surface area contributed by atoms with Crippen LogP contribution >= 0.6 is 0 Å². The van der Waals surface area contributed by atoms with Gasteiger partial charge in [0.05, 0.1) is 22.5 Å². The highest BCUT2D eigenvalue weighted by molar-refractivity contribution is 6.21. The van der Waals surface area contributed by atoms with E-state index in [0.717, 1.165) is 16.8 Å². The molecular weight excluding hydrogens is 646 g/mol. The molecule has 1 aliphatic rings. The Labute approximate surface area is 296 Å².